The molecule has 2 saturated carbocycles. The fourth-order valence-electron chi connectivity index (χ4n) is 4.69. The minimum atomic E-state index is -0.0882. The maximum absolute atomic E-state index is 6.49. The minimum Gasteiger partial charge on any atom is -0.490 e. The van der Waals surface area contributed by atoms with Crippen molar-refractivity contribution in [2.24, 2.45) is 17.1 Å². The smallest absolute Gasteiger partial charge is 0.120 e. The van der Waals surface area contributed by atoms with Crippen LogP contribution in [0, 0.1) is 11.3 Å². The van der Waals surface area contributed by atoms with Crippen LogP contribution in [0.4, 0.5) is 0 Å². The number of nitrogens with two attached hydrogens (primary N) is 1. The van der Waals surface area contributed by atoms with Crippen molar-refractivity contribution in [3.05, 3.63) is 42.0 Å². The summed E-state index contributed by atoms with van der Waals surface area (Å²) in [5.74, 6) is 1.84. The number of benzene rings is 2. The maximum Gasteiger partial charge on any atom is 0.120 e. The molecule has 2 aromatic rings. The monoisotopic (exact) mass is 351 g/mol. The van der Waals surface area contributed by atoms with Crippen LogP contribution in [0.3, 0.4) is 0 Å². The number of fused-ring (bicyclic) bond motifs is 1. The van der Waals surface area contributed by atoms with Crippen LogP contribution in [-0.4, -0.2) is 6.10 Å². The van der Waals surface area contributed by atoms with Crippen LogP contribution in [0.25, 0.3) is 10.8 Å². The lowest BCUT2D eigenvalue weighted by Crippen LogP contribution is -2.43. The second kappa shape index (κ2) is 6.56. The number of hydrogen-bond donors (Lipinski definition) is 1. The Balaban J connectivity index is 1.44. The first-order chi connectivity index (χ1) is 12.3. The molecule has 0 unspecified atom stereocenters. The van der Waals surface area contributed by atoms with Gasteiger partial charge in [0.05, 0.1) is 6.10 Å². The van der Waals surface area contributed by atoms with Crippen molar-refractivity contribution in [2.75, 3.05) is 0 Å². The average molecular weight is 352 g/mol. The molecule has 2 aliphatic rings. The van der Waals surface area contributed by atoms with E-state index in [1.54, 1.807) is 0 Å². The first-order valence-electron chi connectivity index (χ1n) is 10.3. The Kier molecular flexibility index (Phi) is 4.51. The van der Waals surface area contributed by atoms with E-state index in [1.807, 2.05) is 0 Å². The van der Waals surface area contributed by atoms with E-state index in [9.17, 15) is 0 Å². The molecule has 140 valence electrons. The highest BCUT2D eigenvalue weighted by atomic mass is 16.5. The first-order valence-corrected chi connectivity index (χ1v) is 10.3. The molecule has 2 aliphatic carbocycles. The average Bonchev–Trinajstić information content (AvgIpc) is 2.59. The fraction of sp³-hybridized carbons (Fsp3) is 0.583. The second-order valence-corrected chi connectivity index (χ2v) is 9.69. The zero-order valence-corrected chi connectivity index (χ0v) is 16.6. The van der Waals surface area contributed by atoms with Crippen molar-refractivity contribution < 1.29 is 4.74 Å². The predicted octanol–water partition coefficient (Wildman–Crippen LogP) is 6.16. The Hall–Kier alpha value is -1.54. The van der Waals surface area contributed by atoms with Crippen LogP contribution >= 0.6 is 0 Å². The van der Waals surface area contributed by atoms with Crippen molar-refractivity contribution in [2.45, 2.75) is 77.4 Å². The van der Waals surface area contributed by atoms with E-state index in [-0.39, 0.29) is 5.54 Å². The van der Waals surface area contributed by atoms with Crippen LogP contribution in [0.2, 0.25) is 0 Å². The lowest BCUT2D eigenvalue weighted by Gasteiger charge is -2.38. The van der Waals surface area contributed by atoms with Crippen molar-refractivity contribution >= 4 is 10.8 Å². The molecule has 2 fully saturated rings. The normalized spacial score (nSPS) is 25.7. The second-order valence-electron chi connectivity index (χ2n) is 9.69. The Labute approximate surface area is 158 Å². The first kappa shape index (κ1) is 17.9. The van der Waals surface area contributed by atoms with Crippen LogP contribution in [0.5, 0.6) is 5.75 Å². The summed E-state index contributed by atoms with van der Waals surface area (Å²) in [5.41, 5.74) is 8.10. The molecule has 0 radical (unpaired) electrons. The van der Waals surface area contributed by atoms with Crippen molar-refractivity contribution in [3.63, 3.8) is 0 Å². The highest BCUT2D eigenvalue weighted by molar-refractivity contribution is 5.84. The van der Waals surface area contributed by atoms with Gasteiger partial charge in [-0.1, -0.05) is 39.0 Å². The zero-order valence-electron chi connectivity index (χ0n) is 16.6. The molecule has 26 heavy (non-hydrogen) atoms. The molecule has 0 spiro atoms. The summed E-state index contributed by atoms with van der Waals surface area (Å²) in [5, 5.41) is 2.51. The summed E-state index contributed by atoms with van der Waals surface area (Å²) in [6.07, 6.45) is 8.75. The Morgan fingerprint density at radius 3 is 2.19 bits per heavy atom. The minimum absolute atomic E-state index is 0.0882. The number of hydrogen-bond acceptors (Lipinski definition) is 2. The molecule has 0 atom stereocenters. The van der Waals surface area contributed by atoms with E-state index in [1.165, 1.54) is 48.4 Å². The summed E-state index contributed by atoms with van der Waals surface area (Å²) in [6.45, 7) is 7.10. The molecule has 2 nitrogen and oxygen atoms in total. The third-order valence-corrected chi connectivity index (χ3v) is 6.83. The summed E-state index contributed by atoms with van der Waals surface area (Å²) in [4.78, 5) is 0. The van der Waals surface area contributed by atoms with Gasteiger partial charge in [-0.3, -0.25) is 0 Å². The Bertz CT molecular complexity index is 776. The van der Waals surface area contributed by atoms with Crippen LogP contribution in [-0.2, 0) is 5.54 Å². The highest BCUT2D eigenvalue weighted by Crippen LogP contribution is 2.41. The van der Waals surface area contributed by atoms with Crippen LogP contribution in [0.15, 0.2) is 36.4 Å². The standard InChI is InChI=1S/C24H33NO/c1-23(2,3)19-8-11-21(12-9-19)26-22-10-6-17-15-20(7-5-18(17)16-22)24(25)13-4-14-24/h5-7,10,15-16,19,21H,4,8-9,11-14,25H2,1-3H3. The molecule has 0 aliphatic heterocycles. The van der Waals surface area contributed by atoms with E-state index >= 15 is 0 Å². The lowest BCUT2D eigenvalue weighted by atomic mass is 9.72. The summed E-state index contributed by atoms with van der Waals surface area (Å²) < 4.78 is 6.33. The van der Waals surface area contributed by atoms with Crippen LogP contribution in [0.1, 0.15) is 71.3 Å². The molecule has 0 bridgehead atoms. The van der Waals surface area contributed by atoms with Gasteiger partial charge < -0.3 is 10.5 Å². The third-order valence-electron chi connectivity index (χ3n) is 6.83. The highest BCUT2D eigenvalue weighted by Gasteiger charge is 2.34. The van der Waals surface area contributed by atoms with E-state index in [0.29, 0.717) is 11.5 Å². The van der Waals surface area contributed by atoms with Gasteiger partial charge in [0.2, 0.25) is 0 Å². The summed E-state index contributed by atoms with van der Waals surface area (Å²) >= 11 is 0. The molecule has 0 aromatic heterocycles. The van der Waals surface area contributed by atoms with Gasteiger partial charge in [0, 0.05) is 5.54 Å². The quantitative estimate of drug-likeness (QED) is 0.718. The SMILES string of the molecule is CC(C)(C)C1CCC(Oc2ccc3cc(C4(N)CCC4)ccc3c2)CC1. The Morgan fingerprint density at radius 2 is 1.58 bits per heavy atom. The van der Waals surface area contributed by atoms with E-state index in [2.05, 4.69) is 57.2 Å². The Morgan fingerprint density at radius 1 is 0.923 bits per heavy atom. The van der Waals surface area contributed by atoms with Gasteiger partial charge in [-0.2, -0.15) is 0 Å². The van der Waals surface area contributed by atoms with Gasteiger partial charge in [0.15, 0.2) is 0 Å². The van der Waals surface area contributed by atoms with Gasteiger partial charge in [-0.25, -0.2) is 0 Å². The van der Waals surface area contributed by atoms with Crippen molar-refractivity contribution in [3.8, 4) is 5.75 Å². The molecule has 2 N–H and O–H groups in total. The summed E-state index contributed by atoms with van der Waals surface area (Å²) in [7, 11) is 0. The molecular weight excluding hydrogens is 318 g/mol. The number of rotatable bonds is 3. The third kappa shape index (κ3) is 3.49. The topological polar surface area (TPSA) is 35.2 Å². The predicted molar refractivity (Wildman–Crippen MR) is 109 cm³/mol. The summed E-state index contributed by atoms with van der Waals surface area (Å²) in [6, 6.07) is 13.2. The van der Waals surface area contributed by atoms with E-state index in [0.717, 1.165) is 24.5 Å². The fourth-order valence-corrected chi connectivity index (χ4v) is 4.69. The molecule has 0 heterocycles. The molecule has 4 rings (SSSR count). The molecule has 2 aromatic carbocycles. The molecule has 0 saturated heterocycles. The zero-order chi connectivity index (χ0) is 18.4. The van der Waals surface area contributed by atoms with Gasteiger partial charge >= 0.3 is 0 Å². The molecule has 0 amide bonds. The largest absolute Gasteiger partial charge is 0.490 e. The maximum atomic E-state index is 6.49. The van der Waals surface area contributed by atoms with E-state index in [4.69, 9.17) is 10.5 Å². The van der Waals surface area contributed by atoms with Gasteiger partial charge in [-0.05, 0) is 90.8 Å². The van der Waals surface area contributed by atoms with Gasteiger partial charge in [0.1, 0.15) is 5.75 Å². The molecule has 2 heteroatoms. The van der Waals surface area contributed by atoms with Gasteiger partial charge in [-0.15, -0.1) is 0 Å². The van der Waals surface area contributed by atoms with Crippen molar-refractivity contribution in [1.82, 2.24) is 0 Å². The lowest BCUT2D eigenvalue weighted by molar-refractivity contribution is 0.0883. The number of ether oxygens (including phenoxy) is 1. The van der Waals surface area contributed by atoms with Crippen molar-refractivity contribution in [1.29, 1.82) is 0 Å². The van der Waals surface area contributed by atoms with Gasteiger partial charge in [0.25, 0.3) is 0 Å². The van der Waals surface area contributed by atoms with Crippen LogP contribution < -0.4 is 10.5 Å². The van der Waals surface area contributed by atoms with E-state index < -0.39 is 0 Å². The molecular formula is C24H33NO.